The first-order valence-electron chi connectivity index (χ1n) is 5.41. The van der Waals surface area contributed by atoms with E-state index in [-0.39, 0.29) is 0 Å². The van der Waals surface area contributed by atoms with Crippen LogP contribution in [0.25, 0.3) is 0 Å². The van der Waals surface area contributed by atoms with Crippen molar-refractivity contribution in [3.63, 3.8) is 0 Å². The summed E-state index contributed by atoms with van der Waals surface area (Å²) in [6.07, 6.45) is 1.09. The van der Waals surface area contributed by atoms with E-state index in [1.54, 1.807) is 0 Å². The number of hydrogen-bond donors (Lipinski definition) is 1. The number of rotatable bonds is 3. The van der Waals surface area contributed by atoms with Gasteiger partial charge in [-0.05, 0) is 17.8 Å². The topological polar surface area (TPSA) is 29.3 Å². The van der Waals surface area contributed by atoms with Gasteiger partial charge in [-0.1, -0.05) is 27.7 Å². The molecule has 0 bridgehead atoms. The predicted molar refractivity (Wildman–Crippen MR) is 57.7 cm³/mol. The highest BCUT2D eigenvalue weighted by molar-refractivity contribution is 4.88. The van der Waals surface area contributed by atoms with Crippen LogP contribution in [-0.2, 0) is 0 Å². The Morgan fingerprint density at radius 1 is 1.38 bits per heavy atom. The lowest BCUT2D eigenvalue weighted by atomic mass is 9.76. The summed E-state index contributed by atoms with van der Waals surface area (Å²) in [4.78, 5) is 2.48. The molecule has 2 heteroatoms. The fourth-order valence-electron chi connectivity index (χ4n) is 1.73. The summed E-state index contributed by atoms with van der Waals surface area (Å²) in [5.41, 5.74) is 6.38. The van der Waals surface area contributed by atoms with Gasteiger partial charge in [0.2, 0.25) is 0 Å². The molecule has 1 rings (SSSR count). The summed E-state index contributed by atoms with van der Waals surface area (Å²) >= 11 is 0. The first-order chi connectivity index (χ1) is 5.93. The van der Waals surface area contributed by atoms with E-state index in [2.05, 4.69) is 32.6 Å². The molecule has 1 aliphatic rings. The molecule has 0 aromatic heterocycles. The molecule has 0 radical (unpaired) electrons. The van der Waals surface area contributed by atoms with Gasteiger partial charge < -0.3 is 10.6 Å². The van der Waals surface area contributed by atoms with Crippen LogP contribution in [0.15, 0.2) is 0 Å². The molecule has 1 unspecified atom stereocenters. The van der Waals surface area contributed by atoms with E-state index in [1.165, 1.54) is 13.1 Å². The molecule has 0 spiro atoms. The lowest BCUT2D eigenvalue weighted by Gasteiger charge is -2.47. The van der Waals surface area contributed by atoms with Crippen LogP contribution in [0.3, 0.4) is 0 Å². The first kappa shape index (κ1) is 11.0. The molecule has 1 aliphatic heterocycles. The van der Waals surface area contributed by atoms with Gasteiger partial charge in [-0.15, -0.1) is 0 Å². The third kappa shape index (κ3) is 2.96. The van der Waals surface area contributed by atoms with E-state index >= 15 is 0 Å². The van der Waals surface area contributed by atoms with Crippen molar-refractivity contribution in [3.8, 4) is 0 Å². The van der Waals surface area contributed by atoms with E-state index in [1.807, 2.05) is 0 Å². The smallest absolute Gasteiger partial charge is 0.0165 e. The fourth-order valence-corrected chi connectivity index (χ4v) is 1.73. The van der Waals surface area contributed by atoms with Crippen LogP contribution in [0.4, 0.5) is 0 Å². The SMILES string of the molecule is CCC(N)CN1CC(C(C)(C)C)C1. The van der Waals surface area contributed by atoms with E-state index in [4.69, 9.17) is 5.73 Å². The average Bonchev–Trinajstić information content (AvgIpc) is 1.92. The lowest BCUT2D eigenvalue weighted by Crippen LogP contribution is -2.55. The highest BCUT2D eigenvalue weighted by Gasteiger charge is 2.35. The third-order valence-corrected chi connectivity index (χ3v) is 3.20. The van der Waals surface area contributed by atoms with Crippen LogP contribution in [0.1, 0.15) is 34.1 Å². The molecule has 1 heterocycles. The highest BCUT2D eigenvalue weighted by atomic mass is 15.2. The van der Waals surface area contributed by atoms with Crippen molar-refractivity contribution in [2.24, 2.45) is 17.1 Å². The minimum atomic E-state index is 0.376. The maximum atomic E-state index is 5.90. The lowest BCUT2D eigenvalue weighted by molar-refractivity contribution is 0.0208. The average molecular weight is 184 g/mol. The summed E-state index contributed by atoms with van der Waals surface area (Å²) in [6.45, 7) is 12.7. The second-order valence-corrected chi connectivity index (χ2v) is 5.45. The molecule has 0 aliphatic carbocycles. The van der Waals surface area contributed by atoms with Crippen LogP contribution in [0.5, 0.6) is 0 Å². The van der Waals surface area contributed by atoms with Gasteiger partial charge in [-0.3, -0.25) is 0 Å². The van der Waals surface area contributed by atoms with Crippen molar-refractivity contribution < 1.29 is 0 Å². The molecule has 0 aromatic carbocycles. The van der Waals surface area contributed by atoms with Gasteiger partial charge in [0.25, 0.3) is 0 Å². The third-order valence-electron chi connectivity index (χ3n) is 3.20. The van der Waals surface area contributed by atoms with Crippen LogP contribution >= 0.6 is 0 Å². The molecule has 2 N–H and O–H groups in total. The van der Waals surface area contributed by atoms with Crippen LogP contribution in [0.2, 0.25) is 0 Å². The molecule has 13 heavy (non-hydrogen) atoms. The van der Waals surface area contributed by atoms with Gasteiger partial charge in [0.15, 0.2) is 0 Å². The molecule has 2 nitrogen and oxygen atoms in total. The van der Waals surface area contributed by atoms with Crippen molar-refractivity contribution in [1.82, 2.24) is 4.90 Å². The summed E-state index contributed by atoms with van der Waals surface area (Å²) in [6, 6.07) is 0.376. The van der Waals surface area contributed by atoms with E-state index in [9.17, 15) is 0 Å². The van der Waals surface area contributed by atoms with Crippen molar-refractivity contribution >= 4 is 0 Å². The zero-order chi connectivity index (χ0) is 10.1. The quantitative estimate of drug-likeness (QED) is 0.723. The Morgan fingerprint density at radius 3 is 2.31 bits per heavy atom. The van der Waals surface area contributed by atoms with Gasteiger partial charge in [0.05, 0.1) is 0 Å². The molecule has 0 saturated carbocycles. The van der Waals surface area contributed by atoms with E-state index < -0.39 is 0 Å². The molecule has 1 fully saturated rings. The second-order valence-electron chi connectivity index (χ2n) is 5.45. The molecule has 0 amide bonds. The number of nitrogens with two attached hydrogens (primary N) is 1. The summed E-state index contributed by atoms with van der Waals surface area (Å²) < 4.78 is 0. The standard InChI is InChI=1S/C11H24N2/c1-5-10(12)8-13-6-9(7-13)11(2,3)4/h9-10H,5-8,12H2,1-4H3. The zero-order valence-corrected chi connectivity index (χ0v) is 9.51. The molecular formula is C11H24N2. The number of likely N-dealkylation sites (tertiary alicyclic amines) is 1. The van der Waals surface area contributed by atoms with Gasteiger partial charge in [0.1, 0.15) is 0 Å². The van der Waals surface area contributed by atoms with Crippen molar-refractivity contribution in [3.05, 3.63) is 0 Å². The Balaban J connectivity index is 2.19. The molecule has 1 atom stereocenters. The highest BCUT2D eigenvalue weighted by Crippen LogP contribution is 2.33. The van der Waals surface area contributed by atoms with Gasteiger partial charge in [0, 0.05) is 25.7 Å². The van der Waals surface area contributed by atoms with E-state index in [0.29, 0.717) is 11.5 Å². The van der Waals surface area contributed by atoms with Gasteiger partial charge in [-0.2, -0.15) is 0 Å². The van der Waals surface area contributed by atoms with Gasteiger partial charge >= 0.3 is 0 Å². The number of nitrogens with zero attached hydrogens (tertiary/aromatic N) is 1. The minimum absolute atomic E-state index is 0.376. The summed E-state index contributed by atoms with van der Waals surface area (Å²) in [7, 11) is 0. The van der Waals surface area contributed by atoms with Crippen LogP contribution in [-0.4, -0.2) is 30.6 Å². The Kier molecular flexibility index (Phi) is 3.36. The molecular weight excluding hydrogens is 160 g/mol. The normalized spacial score (nSPS) is 22.8. The van der Waals surface area contributed by atoms with Crippen molar-refractivity contribution in [1.29, 1.82) is 0 Å². The molecule has 1 saturated heterocycles. The Morgan fingerprint density at radius 2 is 1.92 bits per heavy atom. The maximum Gasteiger partial charge on any atom is 0.0165 e. The minimum Gasteiger partial charge on any atom is -0.327 e. The Hall–Kier alpha value is -0.0800. The van der Waals surface area contributed by atoms with Gasteiger partial charge in [-0.25, -0.2) is 0 Å². The maximum absolute atomic E-state index is 5.90. The second kappa shape index (κ2) is 3.97. The van der Waals surface area contributed by atoms with Crippen LogP contribution in [0, 0.1) is 11.3 Å². The zero-order valence-electron chi connectivity index (χ0n) is 9.51. The van der Waals surface area contributed by atoms with Crippen LogP contribution < -0.4 is 5.73 Å². The largest absolute Gasteiger partial charge is 0.327 e. The Labute approximate surface area is 82.5 Å². The van der Waals surface area contributed by atoms with Crippen molar-refractivity contribution in [2.75, 3.05) is 19.6 Å². The Bertz CT molecular complexity index is 154. The first-order valence-corrected chi connectivity index (χ1v) is 5.41. The monoisotopic (exact) mass is 184 g/mol. The summed E-state index contributed by atoms with van der Waals surface area (Å²) in [5, 5.41) is 0. The molecule has 78 valence electrons. The fraction of sp³-hybridized carbons (Fsp3) is 1.00. The van der Waals surface area contributed by atoms with E-state index in [0.717, 1.165) is 18.9 Å². The predicted octanol–water partition coefficient (Wildman–Crippen LogP) is 1.70. The summed E-state index contributed by atoms with van der Waals surface area (Å²) in [5.74, 6) is 0.872. The number of hydrogen-bond acceptors (Lipinski definition) is 2. The molecule has 0 aromatic rings. The van der Waals surface area contributed by atoms with Crippen molar-refractivity contribution in [2.45, 2.75) is 40.2 Å².